The van der Waals surface area contributed by atoms with Gasteiger partial charge in [-0.15, -0.1) is 10.2 Å². The number of hydrogen-bond acceptors (Lipinski definition) is 6. The number of pyridine rings is 1. The summed E-state index contributed by atoms with van der Waals surface area (Å²) in [6.07, 6.45) is 3.46. The molecule has 0 aliphatic carbocycles. The number of aromatic nitrogens is 3. The number of hydrogen-bond donors (Lipinski definition) is 1. The first kappa shape index (κ1) is 17.1. The third-order valence-corrected chi connectivity index (χ3v) is 4.12. The lowest BCUT2D eigenvalue weighted by atomic mass is 9.94. The summed E-state index contributed by atoms with van der Waals surface area (Å²) in [4.78, 5) is 20.5. The first-order valence-electron chi connectivity index (χ1n) is 8.48. The van der Waals surface area contributed by atoms with Gasteiger partial charge in [0, 0.05) is 37.8 Å². The van der Waals surface area contributed by atoms with E-state index in [9.17, 15) is 4.79 Å². The van der Waals surface area contributed by atoms with Gasteiger partial charge in [0.05, 0.1) is 11.9 Å². The topological polar surface area (TPSA) is 74.2 Å². The van der Waals surface area contributed by atoms with Gasteiger partial charge in [0.1, 0.15) is 0 Å². The Bertz CT molecular complexity index is 703. The average molecular weight is 340 g/mol. The Morgan fingerprint density at radius 3 is 2.40 bits per heavy atom. The molecular weight excluding hydrogens is 316 g/mol. The van der Waals surface area contributed by atoms with E-state index in [-0.39, 0.29) is 11.3 Å². The molecule has 0 aromatic carbocycles. The molecule has 3 rings (SSSR count). The van der Waals surface area contributed by atoms with E-state index in [1.807, 2.05) is 49.9 Å². The Morgan fingerprint density at radius 2 is 1.84 bits per heavy atom. The van der Waals surface area contributed by atoms with E-state index in [2.05, 4.69) is 25.4 Å². The monoisotopic (exact) mass is 340 g/mol. The summed E-state index contributed by atoms with van der Waals surface area (Å²) in [6, 6.07) is 7.64. The summed E-state index contributed by atoms with van der Waals surface area (Å²) in [5.41, 5.74) is 0.542. The molecule has 7 nitrogen and oxygen atoms in total. The summed E-state index contributed by atoms with van der Waals surface area (Å²) < 4.78 is 0. The highest BCUT2D eigenvalue weighted by atomic mass is 16.2. The standard InChI is InChI=1S/C18H24N6O/c1-18(2,3)17(25)24-11-9-23(10-12-24)16-7-6-15(21-22-16)20-14-5-4-8-19-13-14/h4-8,13H,9-12H2,1-3H3,(H,20,21). The fourth-order valence-electron chi connectivity index (χ4n) is 2.76. The maximum Gasteiger partial charge on any atom is 0.228 e. The van der Waals surface area contributed by atoms with Gasteiger partial charge in [-0.3, -0.25) is 9.78 Å². The molecule has 1 N–H and O–H groups in total. The second kappa shape index (κ2) is 7.04. The Balaban J connectivity index is 1.58. The number of piperazine rings is 1. The molecule has 1 aliphatic heterocycles. The molecule has 0 bridgehead atoms. The fraction of sp³-hybridized carbons (Fsp3) is 0.444. The first-order valence-corrected chi connectivity index (χ1v) is 8.48. The van der Waals surface area contributed by atoms with E-state index in [1.54, 1.807) is 12.4 Å². The highest BCUT2D eigenvalue weighted by Gasteiger charge is 2.29. The van der Waals surface area contributed by atoms with Crippen LogP contribution in [-0.2, 0) is 4.79 Å². The molecule has 0 unspecified atom stereocenters. The van der Waals surface area contributed by atoms with Crippen LogP contribution in [0.4, 0.5) is 17.3 Å². The number of nitrogens with one attached hydrogen (secondary N) is 1. The van der Waals surface area contributed by atoms with Gasteiger partial charge < -0.3 is 15.1 Å². The van der Waals surface area contributed by atoms with E-state index in [0.29, 0.717) is 18.9 Å². The van der Waals surface area contributed by atoms with E-state index < -0.39 is 0 Å². The van der Waals surface area contributed by atoms with E-state index in [4.69, 9.17) is 0 Å². The smallest absolute Gasteiger partial charge is 0.228 e. The van der Waals surface area contributed by atoms with Gasteiger partial charge in [-0.05, 0) is 24.3 Å². The molecule has 2 aromatic heterocycles. The summed E-state index contributed by atoms with van der Waals surface area (Å²) in [7, 11) is 0. The molecule has 0 atom stereocenters. The van der Waals surface area contributed by atoms with Crippen LogP contribution in [0.25, 0.3) is 0 Å². The van der Waals surface area contributed by atoms with Gasteiger partial charge in [0.2, 0.25) is 5.91 Å². The highest BCUT2D eigenvalue weighted by Crippen LogP contribution is 2.21. The third kappa shape index (κ3) is 4.23. The minimum Gasteiger partial charge on any atom is -0.352 e. The Morgan fingerprint density at radius 1 is 1.08 bits per heavy atom. The second-order valence-electron chi connectivity index (χ2n) is 7.17. The van der Waals surface area contributed by atoms with E-state index in [1.165, 1.54) is 0 Å². The van der Waals surface area contributed by atoms with Crippen LogP contribution in [0.3, 0.4) is 0 Å². The minimum atomic E-state index is -0.332. The molecule has 3 heterocycles. The predicted molar refractivity (Wildman–Crippen MR) is 97.8 cm³/mol. The number of amides is 1. The molecule has 0 spiro atoms. The van der Waals surface area contributed by atoms with Crippen molar-refractivity contribution in [1.29, 1.82) is 0 Å². The van der Waals surface area contributed by atoms with Gasteiger partial charge in [-0.1, -0.05) is 20.8 Å². The molecule has 0 radical (unpaired) electrons. The molecular formula is C18H24N6O. The maximum absolute atomic E-state index is 12.3. The molecule has 2 aromatic rings. The lowest BCUT2D eigenvalue weighted by molar-refractivity contribution is -0.139. The van der Waals surface area contributed by atoms with Crippen molar-refractivity contribution in [2.45, 2.75) is 20.8 Å². The normalized spacial score (nSPS) is 15.2. The van der Waals surface area contributed by atoms with Gasteiger partial charge >= 0.3 is 0 Å². The van der Waals surface area contributed by atoms with Gasteiger partial charge in [-0.2, -0.15) is 0 Å². The van der Waals surface area contributed by atoms with Crippen LogP contribution in [0.1, 0.15) is 20.8 Å². The van der Waals surface area contributed by atoms with Crippen LogP contribution >= 0.6 is 0 Å². The predicted octanol–water partition coefficient (Wildman–Crippen LogP) is 2.31. The van der Waals surface area contributed by atoms with Crippen molar-refractivity contribution < 1.29 is 4.79 Å². The summed E-state index contributed by atoms with van der Waals surface area (Å²) >= 11 is 0. The van der Waals surface area contributed by atoms with E-state index in [0.717, 1.165) is 24.6 Å². The summed E-state index contributed by atoms with van der Waals surface area (Å²) in [5, 5.41) is 11.7. The quantitative estimate of drug-likeness (QED) is 0.924. The van der Waals surface area contributed by atoms with Crippen molar-refractivity contribution in [2.24, 2.45) is 5.41 Å². The third-order valence-electron chi connectivity index (χ3n) is 4.12. The Labute approximate surface area is 148 Å². The molecule has 1 saturated heterocycles. The Kier molecular flexibility index (Phi) is 4.83. The van der Waals surface area contributed by atoms with Crippen molar-refractivity contribution >= 4 is 23.2 Å². The van der Waals surface area contributed by atoms with Crippen molar-refractivity contribution in [3.05, 3.63) is 36.7 Å². The van der Waals surface area contributed by atoms with Crippen molar-refractivity contribution in [1.82, 2.24) is 20.1 Å². The minimum absolute atomic E-state index is 0.203. The number of anilines is 3. The van der Waals surface area contributed by atoms with Crippen molar-refractivity contribution in [3.63, 3.8) is 0 Å². The first-order chi connectivity index (χ1) is 11.9. The molecule has 1 aliphatic rings. The highest BCUT2D eigenvalue weighted by molar-refractivity contribution is 5.81. The lowest BCUT2D eigenvalue weighted by Gasteiger charge is -2.38. The van der Waals surface area contributed by atoms with Crippen LogP contribution < -0.4 is 10.2 Å². The van der Waals surface area contributed by atoms with E-state index >= 15 is 0 Å². The zero-order chi connectivity index (χ0) is 17.9. The second-order valence-corrected chi connectivity index (χ2v) is 7.17. The lowest BCUT2D eigenvalue weighted by Crippen LogP contribution is -2.51. The van der Waals surface area contributed by atoms with Crippen molar-refractivity contribution in [2.75, 3.05) is 36.4 Å². The molecule has 0 saturated carbocycles. The summed E-state index contributed by atoms with van der Waals surface area (Å²) in [5.74, 6) is 1.71. The largest absolute Gasteiger partial charge is 0.352 e. The van der Waals surface area contributed by atoms with Crippen LogP contribution in [0.2, 0.25) is 0 Å². The van der Waals surface area contributed by atoms with Gasteiger partial charge in [0.25, 0.3) is 0 Å². The number of rotatable bonds is 3. The zero-order valence-corrected chi connectivity index (χ0v) is 14.9. The maximum atomic E-state index is 12.3. The zero-order valence-electron chi connectivity index (χ0n) is 14.9. The van der Waals surface area contributed by atoms with Crippen LogP contribution in [-0.4, -0.2) is 52.2 Å². The molecule has 25 heavy (non-hydrogen) atoms. The molecule has 1 fully saturated rings. The van der Waals surface area contributed by atoms with Crippen molar-refractivity contribution in [3.8, 4) is 0 Å². The average Bonchev–Trinajstić information content (AvgIpc) is 2.62. The molecule has 1 amide bonds. The van der Waals surface area contributed by atoms with Gasteiger partial charge in [0.15, 0.2) is 11.6 Å². The van der Waals surface area contributed by atoms with Crippen LogP contribution in [0, 0.1) is 5.41 Å². The fourth-order valence-corrected chi connectivity index (χ4v) is 2.76. The van der Waals surface area contributed by atoms with Crippen LogP contribution in [0.5, 0.6) is 0 Å². The number of carbonyl (C=O) groups excluding carboxylic acids is 1. The Hall–Kier alpha value is -2.70. The SMILES string of the molecule is CC(C)(C)C(=O)N1CCN(c2ccc(Nc3cccnc3)nn2)CC1. The van der Waals surface area contributed by atoms with Gasteiger partial charge in [-0.25, -0.2) is 0 Å². The van der Waals surface area contributed by atoms with Crippen LogP contribution in [0.15, 0.2) is 36.7 Å². The molecule has 132 valence electrons. The number of carbonyl (C=O) groups is 1. The summed E-state index contributed by atoms with van der Waals surface area (Å²) in [6.45, 7) is 8.85. The molecule has 7 heteroatoms. The number of nitrogens with zero attached hydrogens (tertiary/aromatic N) is 5.